The Labute approximate surface area is 186 Å². The molecule has 1 aliphatic rings. The summed E-state index contributed by atoms with van der Waals surface area (Å²) in [5, 5.41) is 8.95. The second-order valence-electron chi connectivity index (χ2n) is 8.30. The molecule has 0 radical (unpaired) electrons. The quantitative estimate of drug-likeness (QED) is 0.508. The second-order valence-corrected chi connectivity index (χ2v) is 8.30. The molecule has 1 unspecified atom stereocenters. The number of nitrogens with two attached hydrogens (primary N) is 1. The largest absolute Gasteiger partial charge is 0.494 e. The van der Waals surface area contributed by atoms with Crippen LogP contribution in [0.2, 0.25) is 0 Å². The first-order valence-corrected chi connectivity index (χ1v) is 10.7. The summed E-state index contributed by atoms with van der Waals surface area (Å²) in [5.74, 6) is 0.288. The molecule has 3 aromatic heterocycles. The molecule has 1 aromatic carbocycles. The maximum absolute atomic E-state index is 12.1. The number of fused-ring (bicyclic) bond motifs is 1. The van der Waals surface area contributed by atoms with Crippen LogP contribution in [0.3, 0.4) is 0 Å². The maximum atomic E-state index is 12.1. The Hall–Kier alpha value is -3.65. The van der Waals surface area contributed by atoms with E-state index < -0.39 is 5.91 Å². The summed E-state index contributed by atoms with van der Waals surface area (Å²) in [4.78, 5) is 14.5. The Kier molecular flexibility index (Phi) is 5.14. The minimum Gasteiger partial charge on any atom is -0.494 e. The van der Waals surface area contributed by atoms with Crippen LogP contribution in [0.4, 0.5) is 0 Å². The van der Waals surface area contributed by atoms with Gasteiger partial charge in [0.15, 0.2) is 0 Å². The lowest BCUT2D eigenvalue weighted by Crippen LogP contribution is -2.20. The normalized spacial score (nSPS) is 16.6. The summed E-state index contributed by atoms with van der Waals surface area (Å²) in [5.41, 5.74) is 11.0. The predicted molar refractivity (Wildman–Crippen MR) is 122 cm³/mol. The fourth-order valence-corrected chi connectivity index (χ4v) is 4.72. The van der Waals surface area contributed by atoms with E-state index >= 15 is 0 Å². The van der Waals surface area contributed by atoms with E-state index in [1.54, 1.807) is 11.8 Å². The minimum absolute atomic E-state index is 0.239. The van der Waals surface area contributed by atoms with Crippen LogP contribution in [0.15, 0.2) is 55.0 Å². The minimum atomic E-state index is -0.518. The lowest BCUT2D eigenvalue weighted by atomic mass is 9.95. The molecule has 32 heavy (non-hydrogen) atoms. The van der Waals surface area contributed by atoms with Crippen molar-refractivity contribution in [2.75, 3.05) is 20.2 Å². The van der Waals surface area contributed by atoms with Crippen LogP contribution in [-0.4, -0.2) is 50.4 Å². The molecule has 164 valence electrons. The highest BCUT2D eigenvalue weighted by Gasteiger charge is 2.31. The van der Waals surface area contributed by atoms with Crippen molar-refractivity contribution in [3.8, 4) is 16.9 Å². The van der Waals surface area contributed by atoms with Crippen LogP contribution in [-0.2, 0) is 13.6 Å². The van der Waals surface area contributed by atoms with Gasteiger partial charge in [-0.15, -0.1) is 0 Å². The fraction of sp³-hybridized carbons (Fsp3) is 0.292. The van der Waals surface area contributed by atoms with Gasteiger partial charge in [-0.25, -0.2) is 4.52 Å². The topological polar surface area (TPSA) is 90.7 Å². The Bertz CT molecular complexity index is 1280. The fourth-order valence-electron chi connectivity index (χ4n) is 4.72. The highest BCUT2D eigenvalue weighted by atomic mass is 16.5. The van der Waals surface area contributed by atoms with Crippen molar-refractivity contribution in [3.63, 3.8) is 0 Å². The molecule has 0 spiro atoms. The molecule has 1 aliphatic heterocycles. The molecular weight excluding hydrogens is 404 g/mol. The van der Waals surface area contributed by atoms with Gasteiger partial charge in [-0.2, -0.15) is 10.2 Å². The Morgan fingerprint density at radius 2 is 2.03 bits per heavy atom. The average molecular weight is 431 g/mol. The zero-order valence-corrected chi connectivity index (χ0v) is 18.2. The van der Waals surface area contributed by atoms with Gasteiger partial charge in [-0.1, -0.05) is 30.3 Å². The molecule has 0 aliphatic carbocycles. The number of aryl methyl sites for hydroxylation is 1. The zero-order chi connectivity index (χ0) is 22.2. The number of carbonyl (C=O) groups is 1. The van der Waals surface area contributed by atoms with Crippen LogP contribution in [0.5, 0.6) is 5.75 Å². The van der Waals surface area contributed by atoms with Gasteiger partial charge in [0.1, 0.15) is 11.3 Å². The van der Waals surface area contributed by atoms with Crippen molar-refractivity contribution >= 4 is 11.4 Å². The van der Waals surface area contributed by atoms with Crippen LogP contribution in [0.25, 0.3) is 16.6 Å². The van der Waals surface area contributed by atoms with E-state index in [0.29, 0.717) is 16.8 Å². The third-order valence-corrected chi connectivity index (χ3v) is 6.19. The number of likely N-dealkylation sites (tertiary alicyclic amines) is 1. The second kappa shape index (κ2) is 8.12. The van der Waals surface area contributed by atoms with Gasteiger partial charge in [0.2, 0.25) is 0 Å². The molecule has 2 N–H and O–H groups in total. The molecule has 1 saturated heterocycles. The van der Waals surface area contributed by atoms with Crippen LogP contribution >= 0.6 is 0 Å². The van der Waals surface area contributed by atoms with Crippen LogP contribution in [0.1, 0.15) is 34.0 Å². The molecule has 4 aromatic rings. The Morgan fingerprint density at radius 1 is 1.22 bits per heavy atom. The van der Waals surface area contributed by atoms with Gasteiger partial charge in [0.25, 0.3) is 5.91 Å². The number of nitrogens with zero attached hydrogens (tertiary/aromatic N) is 5. The molecule has 4 heterocycles. The summed E-state index contributed by atoms with van der Waals surface area (Å²) < 4.78 is 9.28. The van der Waals surface area contributed by atoms with Gasteiger partial charge in [0, 0.05) is 43.4 Å². The average Bonchev–Trinajstić information content (AvgIpc) is 3.53. The number of aromatic nitrogens is 4. The van der Waals surface area contributed by atoms with Gasteiger partial charge in [0.05, 0.1) is 30.8 Å². The number of rotatable bonds is 6. The number of primary amides is 1. The van der Waals surface area contributed by atoms with Gasteiger partial charge < -0.3 is 10.5 Å². The number of hydrogen-bond donors (Lipinski definition) is 1. The van der Waals surface area contributed by atoms with Crippen LogP contribution < -0.4 is 10.5 Å². The van der Waals surface area contributed by atoms with E-state index in [4.69, 9.17) is 10.5 Å². The Balaban J connectivity index is 1.61. The molecule has 8 nitrogen and oxygen atoms in total. The van der Waals surface area contributed by atoms with Crippen LogP contribution in [0, 0.1) is 0 Å². The predicted octanol–water partition coefficient (Wildman–Crippen LogP) is 2.83. The number of benzene rings is 1. The standard InChI is InChI=1S/C24H26N6O2/c1-28-14-18(11-26-28)19-10-21(32-2)23-20(24(25)31)12-27-30(23)22(19)17-8-9-29(15-17)13-16-6-4-3-5-7-16/h3-7,10-12,14,17H,8-9,13,15H2,1-2H3,(H2,25,31). The van der Waals surface area contributed by atoms with Crippen molar-refractivity contribution in [1.82, 2.24) is 24.3 Å². The lowest BCUT2D eigenvalue weighted by Gasteiger charge is -2.20. The van der Waals surface area contributed by atoms with Gasteiger partial charge in [-0.05, 0) is 24.6 Å². The number of hydrogen-bond acceptors (Lipinski definition) is 5. The van der Waals surface area contributed by atoms with Crippen molar-refractivity contribution in [2.45, 2.75) is 18.9 Å². The number of methoxy groups -OCH3 is 1. The number of carbonyl (C=O) groups excluding carboxylic acids is 1. The maximum Gasteiger partial charge on any atom is 0.252 e. The zero-order valence-electron chi connectivity index (χ0n) is 18.2. The lowest BCUT2D eigenvalue weighted by molar-refractivity contribution is 0.100. The summed E-state index contributed by atoms with van der Waals surface area (Å²) in [6, 6.07) is 12.5. The first-order chi connectivity index (χ1) is 15.5. The first kappa shape index (κ1) is 20.3. The monoisotopic (exact) mass is 430 g/mol. The third kappa shape index (κ3) is 3.52. The van der Waals surface area contributed by atoms with E-state index in [1.165, 1.54) is 11.8 Å². The number of pyridine rings is 1. The molecular formula is C24H26N6O2. The van der Waals surface area contributed by atoms with Crippen molar-refractivity contribution < 1.29 is 9.53 Å². The molecule has 8 heteroatoms. The summed E-state index contributed by atoms with van der Waals surface area (Å²) in [6.07, 6.45) is 6.36. The number of ether oxygens (including phenoxy) is 1. The SMILES string of the molecule is COc1cc(-c2cnn(C)c2)c(C2CCN(Cc3ccccc3)C2)n2ncc(C(N)=O)c12. The molecule has 0 saturated carbocycles. The molecule has 1 amide bonds. The number of amides is 1. The summed E-state index contributed by atoms with van der Waals surface area (Å²) in [7, 11) is 3.49. The van der Waals surface area contributed by atoms with Gasteiger partial charge >= 0.3 is 0 Å². The van der Waals surface area contributed by atoms with Crippen molar-refractivity contribution in [1.29, 1.82) is 0 Å². The smallest absolute Gasteiger partial charge is 0.252 e. The first-order valence-electron chi connectivity index (χ1n) is 10.7. The van der Waals surface area contributed by atoms with Crippen molar-refractivity contribution in [3.05, 3.63) is 71.8 Å². The van der Waals surface area contributed by atoms with E-state index in [9.17, 15) is 4.79 Å². The highest BCUT2D eigenvalue weighted by Crippen LogP contribution is 2.39. The van der Waals surface area contributed by atoms with E-state index in [1.807, 2.05) is 36.1 Å². The summed E-state index contributed by atoms with van der Waals surface area (Å²) in [6.45, 7) is 2.80. The Morgan fingerprint density at radius 3 is 2.72 bits per heavy atom. The van der Waals surface area contributed by atoms with E-state index in [-0.39, 0.29) is 5.92 Å². The summed E-state index contributed by atoms with van der Waals surface area (Å²) >= 11 is 0. The molecule has 1 atom stereocenters. The molecule has 0 bridgehead atoms. The van der Waals surface area contributed by atoms with E-state index in [2.05, 4.69) is 39.4 Å². The molecule has 5 rings (SSSR count). The highest BCUT2D eigenvalue weighted by molar-refractivity contribution is 6.01. The van der Waals surface area contributed by atoms with E-state index in [0.717, 1.165) is 42.9 Å². The third-order valence-electron chi connectivity index (χ3n) is 6.19. The van der Waals surface area contributed by atoms with Crippen molar-refractivity contribution in [2.24, 2.45) is 12.8 Å². The van der Waals surface area contributed by atoms with Gasteiger partial charge in [-0.3, -0.25) is 14.4 Å². The molecule has 1 fully saturated rings.